The molecule has 0 aliphatic carbocycles. The van der Waals surface area contributed by atoms with E-state index in [-0.39, 0.29) is 35.9 Å². The number of aliphatic hydroxyl groups is 1. The molecule has 1 aromatic rings. The molecular formula is C10H11N5O5. The summed E-state index contributed by atoms with van der Waals surface area (Å²) in [5.41, 5.74) is -0.312. The molecule has 2 N–H and O–H groups in total. The van der Waals surface area contributed by atoms with Crippen molar-refractivity contribution in [1.29, 1.82) is 0 Å². The van der Waals surface area contributed by atoms with E-state index in [0.717, 1.165) is 0 Å². The molecule has 0 atom stereocenters. The Kier molecular flexibility index (Phi) is 3.73. The first-order valence-electron chi connectivity index (χ1n) is 5.62. The molecule has 0 aromatic carbocycles. The number of ether oxygens (including phenoxy) is 2. The van der Waals surface area contributed by atoms with E-state index in [0.29, 0.717) is 0 Å². The van der Waals surface area contributed by atoms with Crippen molar-refractivity contribution < 1.29 is 24.2 Å². The summed E-state index contributed by atoms with van der Waals surface area (Å²) in [6, 6.07) is 0. The lowest BCUT2D eigenvalue weighted by Gasteiger charge is -2.04. The molecule has 10 heteroatoms. The number of carbonyl (C=O) groups is 2. The van der Waals surface area contributed by atoms with Crippen LogP contribution >= 0.6 is 0 Å². The minimum absolute atomic E-state index is 0.110. The molecule has 0 amide bonds. The number of cyclic esters (lactones) is 1. The third-order valence-electron chi connectivity index (χ3n) is 2.06. The van der Waals surface area contributed by atoms with Crippen LogP contribution in [0, 0.1) is 0 Å². The molecule has 0 spiro atoms. The fraction of sp³-hybridized carbons (Fsp3) is 0.400. The summed E-state index contributed by atoms with van der Waals surface area (Å²) in [7, 11) is 0. The number of carbonyl (C=O) groups excluding carboxylic acids is 2. The molecule has 10 nitrogen and oxygen atoms in total. The first-order valence-corrected chi connectivity index (χ1v) is 5.62. The summed E-state index contributed by atoms with van der Waals surface area (Å²) >= 11 is 0. The van der Waals surface area contributed by atoms with Gasteiger partial charge in [-0.25, -0.2) is 9.59 Å². The number of H-pyrrole nitrogens is 1. The van der Waals surface area contributed by atoms with Crippen molar-refractivity contribution >= 4 is 17.9 Å². The molecule has 0 radical (unpaired) electrons. The Morgan fingerprint density at radius 1 is 1.45 bits per heavy atom. The van der Waals surface area contributed by atoms with Crippen LogP contribution in [-0.4, -0.2) is 44.9 Å². The highest BCUT2D eigenvalue weighted by atomic mass is 16.6. The summed E-state index contributed by atoms with van der Waals surface area (Å²) in [5.74, 6) is -2.04. The van der Waals surface area contributed by atoms with Gasteiger partial charge in [0.2, 0.25) is 11.5 Å². The fourth-order valence-electron chi connectivity index (χ4n) is 1.24. The zero-order valence-corrected chi connectivity index (χ0v) is 10.7. The minimum atomic E-state index is -0.787. The van der Waals surface area contributed by atoms with Crippen LogP contribution in [0.2, 0.25) is 0 Å². The average molecular weight is 281 g/mol. The van der Waals surface area contributed by atoms with Crippen molar-refractivity contribution in [2.75, 3.05) is 6.61 Å². The smallest absolute Gasteiger partial charge is 0.376 e. The predicted octanol–water partition coefficient (Wildman–Crippen LogP) is 0.780. The molecular weight excluding hydrogens is 270 g/mol. The van der Waals surface area contributed by atoms with Gasteiger partial charge in [0.1, 0.15) is 0 Å². The number of aromatic amines is 1. The summed E-state index contributed by atoms with van der Waals surface area (Å²) in [5, 5.41) is 23.4. The molecule has 106 valence electrons. The second kappa shape index (κ2) is 5.47. The zero-order chi connectivity index (χ0) is 14.7. The largest absolute Gasteiger partial charge is 0.506 e. The number of nitrogens with zero attached hydrogens (tertiary/aromatic N) is 4. The van der Waals surface area contributed by atoms with E-state index in [2.05, 4.69) is 30.1 Å². The van der Waals surface area contributed by atoms with Crippen molar-refractivity contribution in [3.63, 3.8) is 0 Å². The molecule has 1 aliphatic rings. The molecule has 1 aromatic heterocycles. The lowest BCUT2D eigenvalue weighted by Crippen LogP contribution is -2.12. The van der Waals surface area contributed by atoms with Gasteiger partial charge in [-0.1, -0.05) is 0 Å². The Labute approximate surface area is 112 Å². The van der Waals surface area contributed by atoms with Crippen LogP contribution in [0.1, 0.15) is 24.5 Å². The van der Waals surface area contributed by atoms with E-state index in [4.69, 9.17) is 4.74 Å². The quantitative estimate of drug-likeness (QED) is 0.613. The molecule has 0 unspecified atom stereocenters. The highest BCUT2D eigenvalue weighted by Crippen LogP contribution is 2.16. The molecule has 0 saturated carbocycles. The third kappa shape index (κ3) is 2.96. The van der Waals surface area contributed by atoms with E-state index >= 15 is 0 Å². The SMILES string of the molecule is CC(C)OC(=O)c1nnc(N=NC2=C(O)COC2=O)[nH]1. The van der Waals surface area contributed by atoms with E-state index in [9.17, 15) is 14.7 Å². The highest BCUT2D eigenvalue weighted by molar-refractivity contribution is 5.90. The highest BCUT2D eigenvalue weighted by Gasteiger charge is 2.25. The maximum Gasteiger partial charge on any atom is 0.376 e. The number of aromatic nitrogens is 3. The van der Waals surface area contributed by atoms with Gasteiger partial charge >= 0.3 is 11.9 Å². The number of esters is 2. The predicted molar refractivity (Wildman–Crippen MR) is 62.1 cm³/mol. The molecule has 0 fully saturated rings. The van der Waals surface area contributed by atoms with Gasteiger partial charge in [-0.15, -0.1) is 20.4 Å². The normalized spacial score (nSPS) is 15.2. The topological polar surface area (TPSA) is 139 Å². The van der Waals surface area contributed by atoms with Crippen LogP contribution in [0.15, 0.2) is 21.7 Å². The van der Waals surface area contributed by atoms with Gasteiger partial charge in [0.25, 0.3) is 5.95 Å². The monoisotopic (exact) mass is 281 g/mol. The van der Waals surface area contributed by atoms with Crippen LogP contribution in [0.4, 0.5) is 5.95 Å². The van der Waals surface area contributed by atoms with Crippen molar-refractivity contribution in [3.8, 4) is 0 Å². The summed E-state index contributed by atoms with van der Waals surface area (Å²) in [6.07, 6.45) is -0.298. The molecule has 1 aliphatic heterocycles. The summed E-state index contributed by atoms with van der Waals surface area (Å²) < 4.78 is 9.41. The Bertz CT molecular complexity index is 603. The maximum absolute atomic E-state index is 11.5. The number of hydrogen-bond acceptors (Lipinski definition) is 9. The third-order valence-corrected chi connectivity index (χ3v) is 2.06. The van der Waals surface area contributed by atoms with Crippen molar-refractivity contribution in [1.82, 2.24) is 15.2 Å². The maximum atomic E-state index is 11.5. The van der Waals surface area contributed by atoms with E-state index in [1.807, 2.05) is 0 Å². The van der Waals surface area contributed by atoms with Gasteiger partial charge in [-0.3, -0.25) is 4.98 Å². The molecule has 20 heavy (non-hydrogen) atoms. The number of nitrogens with one attached hydrogen (secondary N) is 1. The fourth-order valence-corrected chi connectivity index (χ4v) is 1.24. The summed E-state index contributed by atoms with van der Waals surface area (Å²) in [4.78, 5) is 25.1. The first-order chi connectivity index (χ1) is 9.47. The molecule has 0 bridgehead atoms. The minimum Gasteiger partial charge on any atom is -0.506 e. The van der Waals surface area contributed by atoms with Crippen LogP contribution in [-0.2, 0) is 14.3 Å². The summed E-state index contributed by atoms with van der Waals surface area (Å²) in [6.45, 7) is 3.14. The standard InChI is InChI=1S/C10H11N5O5/c1-4(2)20-9(18)7-11-10(15-13-7)14-12-6-5(16)3-19-8(6)17/h4,16H,3H2,1-2H3,(H,11,13,15). The van der Waals surface area contributed by atoms with Gasteiger partial charge in [0.15, 0.2) is 12.4 Å². The second-order valence-corrected chi connectivity index (χ2v) is 4.02. The van der Waals surface area contributed by atoms with Gasteiger partial charge in [-0.2, -0.15) is 0 Å². The molecule has 2 heterocycles. The Hall–Kier alpha value is -2.78. The molecule has 2 rings (SSSR count). The number of azo groups is 1. The Balaban J connectivity index is 2.08. The van der Waals surface area contributed by atoms with E-state index in [1.165, 1.54) is 0 Å². The van der Waals surface area contributed by atoms with Crippen LogP contribution in [0.25, 0.3) is 0 Å². The number of aliphatic hydroxyl groups excluding tert-OH is 1. The van der Waals surface area contributed by atoms with Crippen LogP contribution in [0.5, 0.6) is 0 Å². The van der Waals surface area contributed by atoms with Crippen LogP contribution in [0.3, 0.4) is 0 Å². The van der Waals surface area contributed by atoms with E-state index in [1.54, 1.807) is 13.8 Å². The van der Waals surface area contributed by atoms with Gasteiger partial charge < -0.3 is 14.6 Å². The van der Waals surface area contributed by atoms with Crippen LogP contribution < -0.4 is 0 Å². The second-order valence-electron chi connectivity index (χ2n) is 4.02. The van der Waals surface area contributed by atoms with Crippen molar-refractivity contribution in [3.05, 3.63) is 17.3 Å². The van der Waals surface area contributed by atoms with Crippen molar-refractivity contribution in [2.45, 2.75) is 20.0 Å². The van der Waals surface area contributed by atoms with E-state index < -0.39 is 11.9 Å². The lowest BCUT2D eigenvalue weighted by molar-refractivity contribution is -0.136. The van der Waals surface area contributed by atoms with Gasteiger partial charge in [-0.05, 0) is 13.8 Å². The lowest BCUT2D eigenvalue weighted by atomic mass is 10.4. The van der Waals surface area contributed by atoms with Gasteiger partial charge in [0.05, 0.1) is 6.10 Å². The number of hydrogen-bond donors (Lipinski definition) is 2. The Morgan fingerprint density at radius 3 is 2.80 bits per heavy atom. The van der Waals surface area contributed by atoms with Gasteiger partial charge in [0, 0.05) is 0 Å². The molecule has 0 saturated heterocycles. The first kappa shape index (κ1) is 13.6. The zero-order valence-electron chi connectivity index (χ0n) is 10.7. The average Bonchev–Trinajstić information content (AvgIpc) is 2.95. The number of rotatable bonds is 4. The Morgan fingerprint density at radius 2 is 2.20 bits per heavy atom. The van der Waals surface area contributed by atoms with Crippen molar-refractivity contribution in [2.24, 2.45) is 10.2 Å².